The lowest BCUT2D eigenvalue weighted by molar-refractivity contribution is -0.144. The summed E-state index contributed by atoms with van der Waals surface area (Å²) < 4.78 is 16.7. The van der Waals surface area contributed by atoms with Gasteiger partial charge in [-0.05, 0) is 92.3 Å². The van der Waals surface area contributed by atoms with Crippen molar-refractivity contribution < 1.29 is 28.6 Å². The zero-order valence-electron chi connectivity index (χ0n) is 20.9. The molecule has 1 saturated carbocycles. The number of rotatable bonds is 3. The maximum Gasteiger partial charge on any atom is 0.534 e. The number of amides is 1. The molecule has 7 nitrogen and oxygen atoms in total. The van der Waals surface area contributed by atoms with Crippen LogP contribution in [-0.2, 0) is 14.3 Å². The quantitative estimate of drug-likeness (QED) is 0.302. The summed E-state index contributed by atoms with van der Waals surface area (Å²) in [5.41, 5.74) is -0.814. The summed E-state index contributed by atoms with van der Waals surface area (Å²) in [6.07, 6.45) is 4.20. The molecule has 0 spiro atoms. The van der Waals surface area contributed by atoms with Gasteiger partial charge < -0.3 is 14.2 Å². The van der Waals surface area contributed by atoms with Gasteiger partial charge in [-0.1, -0.05) is 24.3 Å². The lowest BCUT2D eigenvalue weighted by Gasteiger charge is -2.28. The Hall–Kier alpha value is -2.88. The predicted octanol–water partition coefficient (Wildman–Crippen LogP) is 6.24. The number of hydroxylamine groups is 2. The Balaban J connectivity index is 2.14. The smallest absolute Gasteiger partial charge is 0.490 e. The molecule has 1 aromatic carbocycles. The van der Waals surface area contributed by atoms with E-state index in [2.05, 4.69) is 11.8 Å². The molecule has 0 saturated heterocycles. The van der Waals surface area contributed by atoms with Gasteiger partial charge in [0.05, 0.1) is 6.10 Å². The van der Waals surface area contributed by atoms with Crippen molar-refractivity contribution in [2.24, 2.45) is 0 Å². The topological polar surface area (TPSA) is 74.3 Å². The molecule has 0 N–H and O–H groups in total. The summed E-state index contributed by atoms with van der Waals surface area (Å²) in [6, 6.07) is 6.76. The summed E-state index contributed by atoms with van der Waals surface area (Å²) in [6.45, 7) is 11.9. The van der Waals surface area contributed by atoms with E-state index >= 15 is 0 Å². The molecule has 1 amide bonds. The number of ether oxygens (including phenoxy) is 3. The van der Waals surface area contributed by atoms with Crippen molar-refractivity contribution in [1.29, 1.82) is 0 Å². The average molecular weight is 460 g/mol. The third-order valence-corrected chi connectivity index (χ3v) is 4.60. The Morgan fingerprint density at radius 3 is 2.24 bits per heavy atom. The van der Waals surface area contributed by atoms with Gasteiger partial charge in [-0.2, -0.15) is 0 Å². The molecule has 7 heteroatoms. The van der Waals surface area contributed by atoms with Gasteiger partial charge in [0.1, 0.15) is 23.0 Å². The SMILES string of the molecule is CC(C#Cc1cccc(OC2CCCCC2)c1)N(OC(=O)OC(C)(C)C)C(=O)OC(C)(C)C. The van der Waals surface area contributed by atoms with E-state index in [1.165, 1.54) is 19.3 Å². The average Bonchev–Trinajstić information content (AvgIpc) is 2.68. The fourth-order valence-electron chi connectivity index (χ4n) is 3.20. The number of hydrogen-bond donors (Lipinski definition) is 0. The van der Waals surface area contributed by atoms with Gasteiger partial charge in [-0.25, -0.2) is 9.59 Å². The van der Waals surface area contributed by atoms with Crippen LogP contribution in [-0.4, -0.2) is 40.7 Å². The molecule has 1 aliphatic carbocycles. The lowest BCUT2D eigenvalue weighted by atomic mass is 9.98. The van der Waals surface area contributed by atoms with Gasteiger partial charge >= 0.3 is 12.2 Å². The van der Waals surface area contributed by atoms with E-state index in [-0.39, 0.29) is 6.10 Å². The molecule has 0 heterocycles. The van der Waals surface area contributed by atoms with Crippen molar-refractivity contribution in [3.05, 3.63) is 29.8 Å². The van der Waals surface area contributed by atoms with Crippen molar-refractivity contribution in [1.82, 2.24) is 5.06 Å². The third-order valence-electron chi connectivity index (χ3n) is 4.60. The number of benzene rings is 1. The van der Waals surface area contributed by atoms with Crippen LogP contribution in [0.25, 0.3) is 0 Å². The standard InChI is InChI=1S/C26H37NO6/c1-19(27(23(28)31-25(2,3)4)33-24(29)32-26(5,6)7)16-17-20-12-11-15-22(18-20)30-21-13-9-8-10-14-21/h11-12,15,18-19,21H,8-10,13-14H2,1-7H3. The molecule has 1 aliphatic rings. The van der Waals surface area contributed by atoms with E-state index in [1.54, 1.807) is 48.5 Å². The Labute approximate surface area is 197 Å². The molecule has 0 bridgehead atoms. The number of carbonyl (C=O) groups is 2. The highest BCUT2D eigenvalue weighted by Crippen LogP contribution is 2.24. The second kappa shape index (κ2) is 11.3. The molecule has 2 rings (SSSR count). The number of carbonyl (C=O) groups excluding carboxylic acids is 2. The Morgan fingerprint density at radius 2 is 1.64 bits per heavy atom. The zero-order chi connectivity index (χ0) is 24.6. The van der Waals surface area contributed by atoms with Crippen LogP contribution in [0.15, 0.2) is 24.3 Å². The minimum Gasteiger partial charge on any atom is -0.490 e. The fourth-order valence-corrected chi connectivity index (χ4v) is 3.20. The molecule has 0 radical (unpaired) electrons. The summed E-state index contributed by atoms with van der Waals surface area (Å²) >= 11 is 0. The maximum absolute atomic E-state index is 12.7. The van der Waals surface area contributed by atoms with Gasteiger partial charge in [0.2, 0.25) is 0 Å². The van der Waals surface area contributed by atoms with Crippen LogP contribution in [0, 0.1) is 11.8 Å². The molecule has 182 valence electrons. The molecule has 1 atom stereocenters. The molecule has 33 heavy (non-hydrogen) atoms. The highest BCUT2D eigenvalue weighted by Gasteiger charge is 2.31. The first-order chi connectivity index (χ1) is 15.3. The molecular formula is C26H37NO6. The largest absolute Gasteiger partial charge is 0.534 e. The van der Waals surface area contributed by atoms with E-state index in [4.69, 9.17) is 19.0 Å². The first-order valence-electron chi connectivity index (χ1n) is 11.5. The minimum atomic E-state index is -1.01. The highest BCUT2D eigenvalue weighted by atomic mass is 16.8. The number of nitrogens with zero attached hydrogens (tertiary/aromatic N) is 1. The molecular weight excluding hydrogens is 422 g/mol. The van der Waals surface area contributed by atoms with Crippen LogP contribution < -0.4 is 4.74 Å². The summed E-state index contributed by atoms with van der Waals surface area (Å²) in [5, 5.41) is 0.800. The van der Waals surface area contributed by atoms with E-state index < -0.39 is 29.5 Å². The van der Waals surface area contributed by atoms with E-state index in [9.17, 15) is 9.59 Å². The van der Waals surface area contributed by atoms with Crippen LogP contribution in [0.1, 0.15) is 86.1 Å². The molecule has 0 aliphatic heterocycles. The van der Waals surface area contributed by atoms with Crippen molar-refractivity contribution in [3.63, 3.8) is 0 Å². The Kier molecular flexibility index (Phi) is 9.04. The number of hydrogen-bond acceptors (Lipinski definition) is 6. The van der Waals surface area contributed by atoms with Crippen LogP contribution >= 0.6 is 0 Å². The van der Waals surface area contributed by atoms with Crippen LogP contribution in [0.3, 0.4) is 0 Å². The maximum atomic E-state index is 12.7. The summed E-state index contributed by atoms with van der Waals surface area (Å²) in [7, 11) is 0. The minimum absolute atomic E-state index is 0.241. The Bertz CT molecular complexity index is 865. The van der Waals surface area contributed by atoms with Crippen LogP contribution in [0.5, 0.6) is 5.75 Å². The van der Waals surface area contributed by atoms with Crippen LogP contribution in [0.4, 0.5) is 9.59 Å². The first kappa shape index (κ1) is 26.4. The van der Waals surface area contributed by atoms with Crippen molar-refractivity contribution in [3.8, 4) is 17.6 Å². The van der Waals surface area contributed by atoms with Crippen molar-refractivity contribution >= 4 is 12.2 Å². The summed E-state index contributed by atoms with van der Waals surface area (Å²) in [4.78, 5) is 30.0. The molecule has 1 fully saturated rings. The van der Waals surface area contributed by atoms with E-state index in [0.717, 1.165) is 29.2 Å². The fraction of sp³-hybridized carbons (Fsp3) is 0.615. The van der Waals surface area contributed by atoms with E-state index in [0.29, 0.717) is 0 Å². The second-order valence-corrected chi connectivity index (χ2v) is 10.2. The third kappa shape index (κ3) is 10.1. The first-order valence-corrected chi connectivity index (χ1v) is 11.5. The van der Waals surface area contributed by atoms with Gasteiger partial charge in [0, 0.05) is 5.56 Å². The molecule has 1 aromatic rings. The van der Waals surface area contributed by atoms with Crippen LogP contribution in [0.2, 0.25) is 0 Å². The molecule has 0 aromatic heterocycles. The van der Waals surface area contributed by atoms with Gasteiger partial charge in [0.15, 0.2) is 0 Å². The van der Waals surface area contributed by atoms with Crippen molar-refractivity contribution in [2.45, 2.75) is 104 Å². The Morgan fingerprint density at radius 1 is 1.00 bits per heavy atom. The zero-order valence-corrected chi connectivity index (χ0v) is 20.9. The van der Waals surface area contributed by atoms with E-state index in [1.807, 2.05) is 24.3 Å². The molecule has 1 unspecified atom stereocenters. The van der Waals surface area contributed by atoms with Gasteiger partial charge in [-0.15, -0.1) is 5.06 Å². The van der Waals surface area contributed by atoms with Gasteiger partial charge in [0.25, 0.3) is 0 Å². The normalized spacial score (nSPS) is 15.5. The lowest BCUT2D eigenvalue weighted by Crippen LogP contribution is -2.43. The highest BCUT2D eigenvalue weighted by molar-refractivity contribution is 5.71. The monoisotopic (exact) mass is 459 g/mol. The summed E-state index contributed by atoms with van der Waals surface area (Å²) in [5.74, 6) is 6.76. The predicted molar refractivity (Wildman–Crippen MR) is 126 cm³/mol. The second-order valence-electron chi connectivity index (χ2n) is 10.2. The van der Waals surface area contributed by atoms with Gasteiger partial charge in [-0.3, -0.25) is 4.84 Å². The van der Waals surface area contributed by atoms with Crippen molar-refractivity contribution in [2.75, 3.05) is 0 Å².